The lowest BCUT2D eigenvalue weighted by molar-refractivity contribution is 0.298. The van der Waals surface area contributed by atoms with Gasteiger partial charge in [-0.3, -0.25) is 0 Å². The fraction of sp³-hybridized carbons (Fsp3) is 0.368. The summed E-state index contributed by atoms with van der Waals surface area (Å²) in [5.41, 5.74) is 9.97. The Bertz CT molecular complexity index is 560. The van der Waals surface area contributed by atoms with Crippen molar-refractivity contribution in [3.63, 3.8) is 0 Å². The summed E-state index contributed by atoms with van der Waals surface area (Å²) >= 11 is 0. The lowest BCUT2D eigenvalue weighted by Crippen LogP contribution is -2.14. The number of rotatable bonds is 6. The predicted octanol–water partition coefficient (Wildman–Crippen LogP) is 4.59. The van der Waals surface area contributed by atoms with Gasteiger partial charge in [0.25, 0.3) is 0 Å². The topological polar surface area (TPSA) is 35.2 Å². The predicted molar refractivity (Wildman–Crippen MR) is 88.8 cm³/mol. The van der Waals surface area contributed by atoms with Gasteiger partial charge in [-0.1, -0.05) is 50.2 Å². The van der Waals surface area contributed by atoms with Crippen LogP contribution in [0.3, 0.4) is 0 Å². The van der Waals surface area contributed by atoms with Crippen LogP contribution in [0, 0.1) is 6.92 Å². The third-order valence-corrected chi connectivity index (χ3v) is 3.72. The molecule has 0 saturated heterocycles. The summed E-state index contributed by atoms with van der Waals surface area (Å²) in [6.07, 6.45) is 0.814. The van der Waals surface area contributed by atoms with Crippen LogP contribution in [-0.2, 0) is 0 Å². The summed E-state index contributed by atoms with van der Waals surface area (Å²) in [5.74, 6) is 1.47. The van der Waals surface area contributed by atoms with Gasteiger partial charge in [-0.25, -0.2) is 0 Å². The molecule has 112 valence electrons. The van der Waals surface area contributed by atoms with Crippen molar-refractivity contribution in [2.45, 2.75) is 39.2 Å². The zero-order valence-electron chi connectivity index (χ0n) is 13.2. The van der Waals surface area contributed by atoms with Crippen molar-refractivity contribution in [1.82, 2.24) is 0 Å². The highest BCUT2D eigenvalue weighted by atomic mass is 16.5. The molecule has 1 atom stereocenters. The van der Waals surface area contributed by atoms with Crippen LogP contribution >= 0.6 is 0 Å². The van der Waals surface area contributed by atoms with Gasteiger partial charge in [0.05, 0.1) is 6.61 Å². The highest BCUT2D eigenvalue weighted by molar-refractivity contribution is 5.28. The maximum atomic E-state index is 6.24. The largest absolute Gasteiger partial charge is 0.494 e. The Morgan fingerprint density at radius 1 is 1.00 bits per heavy atom. The normalized spacial score (nSPS) is 12.4. The van der Waals surface area contributed by atoms with Gasteiger partial charge in [0, 0.05) is 12.5 Å². The average Bonchev–Trinajstić information content (AvgIpc) is 2.47. The third-order valence-electron chi connectivity index (χ3n) is 3.72. The van der Waals surface area contributed by atoms with Gasteiger partial charge in [-0.2, -0.15) is 0 Å². The molecule has 2 aromatic carbocycles. The fourth-order valence-electron chi connectivity index (χ4n) is 2.30. The Labute approximate surface area is 127 Å². The zero-order valence-corrected chi connectivity index (χ0v) is 13.2. The summed E-state index contributed by atoms with van der Waals surface area (Å²) in [6, 6.07) is 16.7. The molecule has 0 heterocycles. The van der Waals surface area contributed by atoms with Crippen LogP contribution in [0.5, 0.6) is 5.75 Å². The van der Waals surface area contributed by atoms with E-state index in [2.05, 4.69) is 51.1 Å². The summed E-state index contributed by atoms with van der Waals surface area (Å²) < 4.78 is 5.76. The molecule has 0 aliphatic heterocycles. The Morgan fingerprint density at radius 3 is 2.29 bits per heavy atom. The molecule has 0 aromatic heterocycles. The number of nitrogens with two attached hydrogens (primary N) is 1. The minimum atomic E-state index is 0.0241. The molecule has 0 aliphatic rings. The minimum absolute atomic E-state index is 0.0241. The first-order valence-corrected chi connectivity index (χ1v) is 7.61. The van der Waals surface area contributed by atoms with Crippen LogP contribution in [0.15, 0.2) is 48.5 Å². The van der Waals surface area contributed by atoms with E-state index in [-0.39, 0.29) is 6.04 Å². The standard InChI is InChI=1S/C19H25NO/c1-14(2)16-7-9-17(10-8-16)19(20)11-12-21-18-6-4-5-15(3)13-18/h4-10,13-14,19H,11-12,20H2,1-3H3. The molecule has 2 aromatic rings. The molecular weight excluding hydrogens is 258 g/mol. The van der Waals surface area contributed by atoms with Crippen molar-refractivity contribution in [3.05, 3.63) is 65.2 Å². The van der Waals surface area contributed by atoms with E-state index >= 15 is 0 Å². The number of aryl methyl sites for hydroxylation is 1. The molecule has 0 fully saturated rings. The summed E-state index contributed by atoms with van der Waals surface area (Å²) in [5, 5.41) is 0. The molecule has 2 rings (SSSR count). The smallest absolute Gasteiger partial charge is 0.119 e. The van der Waals surface area contributed by atoms with Gasteiger partial charge < -0.3 is 10.5 Å². The number of ether oxygens (including phenoxy) is 1. The Hall–Kier alpha value is -1.80. The van der Waals surface area contributed by atoms with Crippen molar-refractivity contribution in [3.8, 4) is 5.75 Å². The maximum Gasteiger partial charge on any atom is 0.119 e. The van der Waals surface area contributed by atoms with Crippen molar-refractivity contribution < 1.29 is 4.74 Å². The highest BCUT2D eigenvalue weighted by Crippen LogP contribution is 2.20. The first-order valence-electron chi connectivity index (χ1n) is 7.61. The van der Waals surface area contributed by atoms with E-state index in [0.29, 0.717) is 12.5 Å². The molecular formula is C19H25NO. The summed E-state index contributed by atoms with van der Waals surface area (Å²) in [7, 11) is 0. The lowest BCUT2D eigenvalue weighted by Gasteiger charge is -2.14. The molecule has 0 spiro atoms. The van der Waals surface area contributed by atoms with E-state index < -0.39 is 0 Å². The number of hydrogen-bond acceptors (Lipinski definition) is 2. The molecule has 2 N–H and O–H groups in total. The van der Waals surface area contributed by atoms with Crippen molar-refractivity contribution in [2.24, 2.45) is 5.73 Å². The first kappa shape index (κ1) is 15.6. The minimum Gasteiger partial charge on any atom is -0.494 e. The maximum absolute atomic E-state index is 6.24. The van der Waals surface area contributed by atoms with Gasteiger partial charge in [-0.05, 0) is 41.7 Å². The highest BCUT2D eigenvalue weighted by Gasteiger charge is 2.07. The van der Waals surface area contributed by atoms with E-state index in [4.69, 9.17) is 10.5 Å². The number of hydrogen-bond donors (Lipinski definition) is 1. The van der Waals surface area contributed by atoms with Gasteiger partial charge in [0.1, 0.15) is 5.75 Å². The summed E-state index contributed by atoms with van der Waals surface area (Å²) in [6.45, 7) is 7.10. The van der Waals surface area contributed by atoms with Crippen LogP contribution in [-0.4, -0.2) is 6.61 Å². The van der Waals surface area contributed by atoms with Crippen molar-refractivity contribution in [1.29, 1.82) is 0 Å². The van der Waals surface area contributed by atoms with Gasteiger partial charge >= 0.3 is 0 Å². The molecule has 1 unspecified atom stereocenters. The lowest BCUT2D eigenvalue weighted by atomic mass is 9.98. The van der Waals surface area contributed by atoms with Crippen LogP contribution in [0.2, 0.25) is 0 Å². The SMILES string of the molecule is Cc1cccc(OCCC(N)c2ccc(C(C)C)cc2)c1. The van der Waals surface area contributed by atoms with Crippen molar-refractivity contribution >= 4 is 0 Å². The Morgan fingerprint density at radius 2 is 1.67 bits per heavy atom. The van der Waals surface area contributed by atoms with Gasteiger partial charge in [0.15, 0.2) is 0 Å². The van der Waals surface area contributed by atoms with E-state index in [0.717, 1.165) is 12.2 Å². The molecule has 0 radical (unpaired) electrons. The van der Waals surface area contributed by atoms with Crippen LogP contribution in [0.4, 0.5) is 0 Å². The Kier molecular flexibility index (Phi) is 5.40. The molecule has 0 amide bonds. The van der Waals surface area contributed by atoms with Gasteiger partial charge in [-0.15, -0.1) is 0 Å². The fourth-order valence-corrected chi connectivity index (χ4v) is 2.30. The average molecular weight is 283 g/mol. The van der Waals surface area contributed by atoms with Crippen LogP contribution in [0.1, 0.15) is 48.9 Å². The molecule has 0 aliphatic carbocycles. The van der Waals surface area contributed by atoms with E-state index in [9.17, 15) is 0 Å². The summed E-state index contributed by atoms with van der Waals surface area (Å²) in [4.78, 5) is 0. The Balaban J connectivity index is 1.85. The second kappa shape index (κ2) is 7.28. The van der Waals surface area contributed by atoms with Crippen LogP contribution < -0.4 is 10.5 Å². The second-order valence-corrected chi connectivity index (χ2v) is 5.88. The van der Waals surface area contributed by atoms with Gasteiger partial charge in [0.2, 0.25) is 0 Å². The van der Waals surface area contributed by atoms with Crippen molar-refractivity contribution in [2.75, 3.05) is 6.61 Å². The molecule has 21 heavy (non-hydrogen) atoms. The first-order chi connectivity index (χ1) is 10.1. The monoisotopic (exact) mass is 283 g/mol. The quantitative estimate of drug-likeness (QED) is 0.841. The third kappa shape index (κ3) is 4.61. The molecule has 0 saturated carbocycles. The molecule has 0 bridgehead atoms. The molecule has 2 heteroatoms. The zero-order chi connectivity index (χ0) is 15.2. The van der Waals surface area contributed by atoms with E-state index in [1.54, 1.807) is 0 Å². The van der Waals surface area contributed by atoms with E-state index in [1.165, 1.54) is 16.7 Å². The number of benzene rings is 2. The second-order valence-electron chi connectivity index (χ2n) is 5.88. The van der Waals surface area contributed by atoms with Crippen LogP contribution in [0.25, 0.3) is 0 Å². The molecule has 2 nitrogen and oxygen atoms in total. The van der Waals surface area contributed by atoms with E-state index in [1.807, 2.05) is 18.2 Å².